The Balaban J connectivity index is 1.83. The van der Waals surface area contributed by atoms with Crippen LogP contribution in [0.25, 0.3) is 0 Å². The Kier molecular flexibility index (Phi) is 4.84. The molecule has 2 nitrogen and oxygen atoms in total. The molecule has 3 rings (SSSR count). The molecule has 0 aliphatic heterocycles. The molecule has 0 amide bonds. The zero-order valence-electron chi connectivity index (χ0n) is 13.5. The zero-order chi connectivity index (χ0) is 14.7. The van der Waals surface area contributed by atoms with E-state index in [1.807, 2.05) is 0 Å². The molecule has 0 spiro atoms. The fourth-order valence-electron chi connectivity index (χ4n) is 3.79. The second kappa shape index (κ2) is 6.83. The second-order valence-electron chi connectivity index (χ2n) is 6.93. The molecule has 1 unspecified atom stereocenters. The van der Waals surface area contributed by atoms with Gasteiger partial charge >= 0.3 is 0 Å². The highest BCUT2D eigenvalue weighted by Gasteiger charge is 2.29. The van der Waals surface area contributed by atoms with E-state index in [0.717, 1.165) is 24.3 Å². The summed E-state index contributed by atoms with van der Waals surface area (Å²) in [5.74, 6) is 2.51. The molecule has 2 heteroatoms. The minimum Gasteiger partial charge on any atom is -0.496 e. The lowest BCUT2D eigenvalue weighted by Crippen LogP contribution is -2.29. The fraction of sp³-hybridized carbons (Fsp3) is 0.684. The van der Waals surface area contributed by atoms with Crippen molar-refractivity contribution in [1.82, 2.24) is 5.32 Å². The maximum absolute atomic E-state index is 5.67. The Bertz CT molecular complexity index is 461. The van der Waals surface area contributed by atoms with E-state index in [0.29, 0.717) is 5.92 Å². The summed E-state index contributed by atoms with van der Waals surface area (Å²) in [6, 6.07) is 7.45. The number of hydrogen-bond acceptors (Lipinski definition) is 2. The van der Waals surface area contributed by atoms with Crippen LogP contribution < -0.4 is 10.1 Å². The van der Waals surface area contributed by atoms with Crippen LogP contribution in [-0.2, 0) is 0 Å². The van der Waals surface area contributed by atoms with Crippen molar-refractivity contribution in [2.45, 2.75) is 63.8 Å². The molecule has 0 saturated heterocycles. The van der Waals surface area contributed by atoms with Crippen molar-refractivity contribution in [3.8, 4) is 5.75 Å². The zero-order valence-corrected chi connectivity index (χ0v) is 13.5. The molecule has 2 saturated carbocycles. The van der Waals surface area contributed by atoms with Gasteiger partial charge in [-0.05, 0) is 50.2 Å². The SMILES string of the molecule is COc1ccc(C)cc1C(CNC1CC1)C1CCCCC1. The molecule has 2 fully saturated rings. The summed E-state index contributed by atoms with van der Waals surface area (Å²) in [6.07, 6.45) is 9.72. The minimum atomic E-state index is 0.612. The lowest BCUT2D eigenvalue weighted by Gasteiger charge is -2.32. The van der Waals surface area contributed by atoms with Gasteiger partial charge in [0.15, 0.2) is 0 Å². The Morgan fingerprint density at radius 3 is 2.57 bits per heavy atom. The van der Waals surface area contributed by atoms with Crippen LogP contribution in [-0.4, -0.2) is 19.7 Å². The largest absolute Gasteiger partial charge is 0.496 e. The molecule has 0 aromatic heterocycles. The van der Waals surface area contributed by atoms with Gasteiger partial charge in [0.05, 0.1) is 7.11 Å². The summed E-state index contributed by atoms with van der Waals surface area (Å²) >= 11 is 0. The van der Waals surface area contributed by atoms with Gasteiger partial charge in [-0.2, -0.15) is 0 Å². The van der Waals surface area contributed by atoms with E-state index in [9.17, 15) is 0 Å². The quantitative estimate of drug-likeness (QED) is 0.836. The van der Waals surface area contributed by atoms with Gasteiger partial charge in [-0.3, -0.25) is 0 Å². The number of rotatable bonds is 6. The molecular weight excluding hydrogens is 258 g/mol. The lowest BCUT2D eigenvalue weighted by atomic mass is 9.76. The highest BCUT2D eigenvalue weighted by atomic mass is 16.5. The fourth-order valence-corrected chi connectivity index (χ4v) is 3.79. The standard InChI is InChI=1S/C19H29NO/c1-14-8-11-19(21-2)17(12-14)18(13-20-16-9-10-16)15-6-4-3-5-7-15/h8,11-12,15-16,18,20H,3-7,9-10,13H2,1-2H3. The summed E-state index contributed by atoms with van der Waals surface area (Å²) < 4.78 is 5.67. The number of methoxy groups -OCH3 is 1. The van der Waals surface area contributed by atoms with Gasteiger partial charge in [-0.25, -0.2) is 0 Å². The topological polar surface area (TPSA) is 21.3 Å². The van der Waals surface area contributed by atoms with Crippen LogP contribution in [0.5, 0.6) is 5.75 Å². The molecule has 0 radical (unpaired) electrons. The number of aryl methyl sites for hydroxylation is 1. The Morgan fingerprint density at radius 2 is 1.90 bits per heavy atom. The van der Waals surface area contributed by atoms with Gasteiger partial charge in [0.1, 0.15) is 5.75 Å². The van der Waals surface area contributed by atoms with E-state index < -0.39 is 0 Å². The first-order valence-corrected chi connectivity index (χ1v) is 8.66. The molecule has 0 heterocycles. The highest BCUT2D eigenvalue weighted by Crippen LogP contribution is 2.40. The molecule has 1 aromatic rings. The van der Waals surface area contributed by atoms with Crippen molar-refractivity contribution in [1.29, 1.82) is 0 Å². The maximum Gasteiger partial charge on any atom is 0.122 e. The molecule has 21 heavy (non-hydrogen) atoms. The van der Waals surface area contributed by atoms with E-state index in [1.54, 1.807) is 7.11 Å². The summed E-state index contributed by atoms with van der Waals surface area (Å²) in [7, 11) is 1.81. The molecule has 0 bridgehead atoms. The molecule has 1 atom stereocenters. The number of benzene rings is 1. The smallest absolute Gasteiger partial charge is 0.122 e. The Hall–Kier alpha value is -1.02. The van der Waals surface area contributed by atoms with Crippen LogP contribution in [0.1, 0.15) is 62.0 Å². The van der Waals surface area contributed by atoms with Crippen molar-refractivity contribution in [3.63, 3.8) is 0 Å². The first-order chi connectivity index (χ1) is 10.3. The van der Waals surface area contributed by atoms with E-state index in [4.69, 9.17) is 4.74 Å². The number of nitrogens with one attached hydrogen (secondary N) is 1. The van der Waals surface area contributed by atoms with Crippen molar-refractivity contribution >= 4 is 0 Å². The lowest BCUT2D eigenvalue weighted by molar-refractivity contribution is 0.290. The monoisotopic (exact) mass is 287 g/mol. The predicted octanol–water partition coefficient (Wildman–Crippen LogP) is 4.42. The van der Waals surface area contributed by atoms with E-state index >= 15 is 0 Å². The summed E-state index contributed by atoms with van der Waals surface area (Å²) in [4.78, 5) is 0. The van der Waals surface area contributed by atoms with Crippen LogP contribution in [0.4, 0.5) is 0 Å². The first-order valence-electron chi connectivity index (χ1n) is 8.66. The predicted molar refractivity (Wildman–Crippen MR) is 88.1 cm³/mol. The van der Waals surface area contributed by atoms with Gasteiger partial charge < -0.3 is 10.1 Å². The van der Waals surface area contributed by atoms with Crippen molar-refractivity contribution in [2.75, 3.05) is 13.7 Å². The normalized spacial score (nSPS) is 21.2. The van der Waals surface area contributed by atoms with E-state index in [1.165, 1.54) is 56.1 Å². The summed E-state index contributed by atoms with van der Waals surface area (Å²) in [6.45, 7) is 3.31. The van der Waals surface area contributed by atoms with Crippen LogP contribution in [0, 0.1) is 12.8 Å². The molecule has 116 valence electrons. The number of hydrogen-bond donors (Lipinski definition) is 1. The van der Waals surface area contributed by atoms with Gasteiger partial charge in [0, 0.05) is 18.5 Å². The van der Waals surface area contributed by atoms with Crippen molar-refractivity contribution < 1.29 is 4.74 Å². The molecule has 2 aliphatic rings. The van der Waals surface area contributed by atoms with Crippen LogP contribution in [0.3, 0.4) is 0 Å². The van der Waals surface area contributed by atoms with Gasteiger partial charge in [-0.15, -0.1) is 0 Å². The van der Waals surface area contributed by atoms with Crippen LogP contribution in [0.2, 0.25) is 0 Å². The van der Waals surface area contributed by atoms with Crippen LogP contribution >= 0.6 is 0 Å². The second-order valence-corrected chi connectivity index (χ2v) is 6.93. The molecule has 1 N–H and O–H groups in total. The average molecular weight is 287 g/mol. The summed E-state index contributed by atoms with van der Waals surface area (Å²) in [5.41, 5.74) is 2.77. The van der Waals surface area contributed by atoms with Gasteiger partial charge in [0.2, 0.25) is 0 Å². The highest BCUT2D eigenvalue weighted by molar-refractivity contribution is 5.40. The Morgan fingerprint density at radius 1 is 1.14 bits per heavy atom. The average Bonchev–Trinajstić information content (AvgIpc) is 3.33. The molecular formula is C19H29NO. The maximum atomic E-state index is 5.67. The van der Waals surface area contributed by atoms with Crippen molar-refractivity contribution in [2.24, 2.45) is 5.92 Å². The minimum absolute atomic E-state index is 0.612. The van der Waals surface area contributed by atoms with E-state index in [-0.39, 0.29) is 0 Å². The molecule has 2 aliphatic carbocycles. The van der Waals surface area contributed by atoms with E-state index in [2.05, 4.69) is 30.4 Å². The third-order valence-electron chi connectivity index (χ3n) is 5.21. The third kappa shape index (κ3) is 3.79. The number of ether oxygens (including phenoxy) is 1. The molecule has 1 aromatic carbocycles. The van der Waals surface area contributed by atoms with Gasteiger partial charge in [0.25, 0.3) is 0 Å². The van der Waals surface area contributed by atoms with Crippen LogP contribution in [0.15, 0.2) is 18.2 Å². The Labute approximate surface area is 129 Å². The third-order valence-corrected chi connectivity index (χ3v) is 5.21. The van der Waals surface area contributed by atoms with Crippen molar-refractivity contribution in [3.05, 3.63) is 29.3 Å². The summed E-state index contributed by atoms with van der Waals surface area (Å²) in [5, 5.41) is 3.77. The first kappa shape index (κ1) is 14.9. The van der Waals surface area contributed by atoms with Gasteiger partial charge in [-0.1, -0.05) is 37.0 Å².